The molecule has 2 amide bonds. The van der Waals surface area contributed by atoms with Gasteiger partial charge in [0.2, 0.25) is 5.91 Å². The van der Waals surface area contributed by atoms with Gasteiger partial charge in [-0.25, -0.2) is 4.79 Å². The molecule has 2 aromatic carbocycles. The Balaban J connectivity index is 1.47. The number of methoxy groups -OCH3 is 1. The molecule has 1 heterocycles. The SMILES string of the molecule is COc1ccc(OCC(=O)OCC(=O)Nc2ccccc2N2CCCC2=O)cc1. The van der Waals surface area contributed by atoms with Crippen LogP contribution >= 0.6 is 0 Å². The van der Waals surface area contributed by atoms with Crippen molar-refractivity contribution < 1.29 is 28.6 Å². The predicted octanol–water partition coefficient (Wildman–Crippen LogP) is 2.38. The Labute approximate surface area is 168 Å². The lowest BCUT2D eigenvalue weighted by molar-refractivity contribution is -0.149. The van der Waals surface area contributed by atoms with Crippen LogP contribution in [-0.4, -0.2) is 44.7 Å². The normalized spacial score (nSPS) is 13.1. The van der Waals surface area contributed by atoms with Gasteiger partial charge in [0.1, 0.15) is 11.5 Å². The third-order valence-corrected chi connectivity index (χ3v) is 4.32. The van der Waals surface area contributed by atoms with E-state index in [1.165, 1.54) is 0 Å². The van der Waals surface area contributed by atoms with E-state index in [1.54, 1.807) is 60.5 Å². The van der Waals surface area contributed by atoms with E-state index in [2.05, 4.69) is 5.32 Å². The smallest absolute Gasteiger partial charge is 0.344 e. The summed E-state index contributed by atoms with van der Waals surface area (Å²) in [5, 5.41) is 2.69. The number of nitrogens with zero attached hydrogens (tertiary/aromatic N) is 1. The molecule has 0 radical (unpaired) electrons. The van der Waals surface area contributed by atoms with Crippen LogP contribution in [-0.2, 0) is 19.1 Å². The van der Waals surface area contributed by atoms with Gasteiger partial charge in [0, 0.05) is 13.0 Å². The van der Waals surface area contributed by atoms with Crippen molar-refractivity contribution in [2.75, 3.05) is 37.1 Å². The van der Waals surface area contributed by atoms with E-state index < -0.39 is 18.5 Å². The van der Waals surface area contributed by atoms with Crippen molar-refractivity contribution >= 4 is 29.2 Å². The summed E-state index contributed by atoms with van der Waals surface area (Å²) in [4.78, 5) is 37.6. The summed E-state index contributed by atoms with van der Waals surface area (Å²) in [5.74, 6) is 0.0126. The molecular formula is C21H22N2O6. The van der Waals surface area contributed by atoms with Crippen LogP contribution in [0.2, 0.25) is 0 Å². The molecule has 8 nitrogen and oxygen atoms in total. The van der Waals surface area contributed by atoms with Crippen LogP contribution in [0.1, 0.15) is 12.8 Å². The molecule has 0 unspecified atom stereocenters. The first kappa shape index (κ1) is 20.2. The monoisotopic (exact) mass is 398 g/mol. The van der Waals surface area contributed by atoms with Crippen molar-refractivity contribution in [3.05, 3.63) is 48.5 Å². The molecule has 29 heavy (non-hydrogen) atoms. The van der Waals surface area contributed by atoms with E-state index >= 15 is 0 Å². The molecule has 0 saturated carbocycles. The van der Waals surface area contributed by atoms with Crippen LogP contribution in [0.4, 0.5) is 11.4 Å². The van der Waals surface area contributed by atoms with Crippen LogP contribution in [0.3, 0.4) is 0 Å². The highest BCUT2D eigenvalue weighted by Crippen LogP contribution is 2.29. The number of ether oxygens (including phenoxy) is 3. The Hall–Kier alpha value is -3.55. The lowest BCUT2D eigenvalue weighted by atomic mass is 10.2. The van der Waals surface area contributed by atoms with Crippen LogP contribution in [0.5, 0.6) is 11.5 Å². The van der Waals surface area contributed by atoms with E-state index in [9.17, 15) is 14.4 Å². The third-order valence-electron chi connectivity index (χ3n) is 4.32. The Morgan fingerprint density at radius 2 is 1.76 bits per heavy atom. The zero-order chi connectivity index (χ0) is 20.6. The van der Waals surface area contributed by atoms with E-state index in [-0.39, 0.29) is 12.5 Å². The average Bonchev–Trinajstić information content (AvgIpc) is 3.17. The minimum atomic E-state index is -0.668. The predicted molar refractivity (Wildman–Crippen MR) is 106 cm³/mol. The summed E-state index contributed by atoms with van der Waals surface area (Å²) in [7, 11) is 1.56. The largest absolute Gasteiger partial charge is 0.497 e. The number of hydrogen-bond acceptors (Lipinski definition) is 6. The van der Waals surface area contributed by atoms with Crippen LogP contribution < -0.4 is 19.7 Å². The summed E-state index contributed by atoms with van der Waals surface area (Å²) >= 11 is 0. The molecule has 0 aliphatic carbocycles. The van der Waals surface area contributed by atoms with Crippen LogP contribution in [0.25, 0.3) is 0 Å². The first-order chi connectivity index (χ1) is 14.1. The second-order valence-electron chi connectivity index (χ2n) is 6.34. The number of para-hydroxylation sites is 2. The summed E-state index contributed by atoms with van der Waals surface area (Å²) in [6.45, 7) is -0.158. The van der Waals surface area contributed by atoms with Crippen molar-refractivity contribution in [3.63, 3.8) is 0 Å². The van der Waals surface area contributed by atoms with Gasteiger partial charge in [-0.05, 0) is 42.8 Å². The molecule has 152 valence electrons. The second kappa shape index (κ2) is 9.59. The number of nitrogens with one attached hydrogen (secondary N) is 1. The first-order valence-electron chi connectivity index (χ1n) is 9.18. The fraction of sp³-hybridized carbons (Fsp3) is 0.286. The highest BCUT2D eigenvalue weighted by Gasteiger charge is 2.24. The van der Waals surface area contributed by atoms with Gasteiger partial charge in [-0.3, -0.25) is 9.59 Å². The van der Waals surface area contributed by atoms with Gasteiger partial charge in [-0.1, -0.05) is 12.1 Å². The minimum Gasteiger partial charge on any atom is -0.497 e. The Kier molecular flexibility index (Phi) is 6.67. The lowest BCUT2D eigenvalue weighted by Crippen LogP contribution is -2.27. The molecule has 1 N–H and O–H groups in total. The van der Waals surface area contributed by atoms with Crippen molar-refractivity contribution in [2.24, 2.45) is 0 Å². The number of amides is 2. The maximum Gasteiger partial charge on any atom is 0.344 e. The Bertz CT molecular complexity index is 881. The highest BCUT2D eigenvalue weighted by atomic mass is 16.6. The van der Waals surface area contributed by atoms with Crippen molar-refractivity contribution in [1.29, 1.82) is 0 Å². The van der Waals surface area contributed by atoms with Gasteiger partial charge < -0.3 is 24.4 Å². The summed E-state index contributed by atoms with van der Waals surface area (Å²) in [6.07, 6.45) is 1.28. The standard InChI is InChI=1S/C21H22N2O6/c1-27-15-8-10-16(11-9-15)28-14-21(26)29-13-19(24)22-17-5-2-3-6-18(17)23-12-4-7-20(23)25/h2-3,5-6,8-11H,4,7,12-14H2,1H3,(H,22,24). The number of hydrogen-bond donors (Lipinski definition) is 1. The van der Waals surface area contributed by atoms with E-state index in [0.29, 0.717) is 35.8 Å². The Morgan fingerprint density at radius 1 is 1.03 bits per heavy atom. The fourth-order valence-electron chi connectivity index (χ4n) is 2.91. The number of anilines is 2. The van der Waals surface area contributed by atoms with Gasteiger partial charge in [0.25, 0.3) is 5.91 Å². The van der Waals surface area contributed by atoms with E-state index in [1.807, 2.05) is 0 Å². The number of rotatable bonds is 8. The zero-order valence-electron chi connectivity index (χ0n) is 16.1. The summed E-state index contributed by atoms with van der Waals surface area (Å²) in [5.41, 5.74) is 1.13. The molecule has 0 aromatic heterocycles. The summed E-state index contributed by atoms with van der Waals surface area (Å²) < 4.78 is 15.3. The lowest BCUT2D eigenvalue weighted by Gasteiger charge is -2.19. The number of carbonyl (C=O) groups excluding carboxylic acids is 3. The van der Waals surface area contributed by atoms with Gasteiger partial charge in [-0.2, -0.15) is 0 Å². The third kappa shape index (κ3) is 5.47. The molecule has 8 heteroatoms. The molecule has 0 atom stereocenters. The molecule has 3 rings (SSSR count). The number of carbonyl (C=O) groups is 3. The van der Waals surface area contributed by atoms with Crippen molar-refractivity contribution in [2.45, 2.75) is 12.8 Å². The number of esters is 1. The second-order valence-corrected chi connectivity index (χ2v) is 6.34. The van der Waals surface area contributed by atoms with E-state index in [0.717, 1.165) is 6.42 Å². The maximum absolute atomic E-state index is 12.2. The van der Waals surface area contributed by atoms with Crippen LogP contribution in [0, 0.1) is 0 Å². The molecule has 1 aliphatic heterocycles. The molecule has 1 saturated heterocycles. The highest BCUT2D eigenvalue weighted by molar-refractivity contribution is 6.02. The molecule has 1 aliphatic rings. The topological polar surface area (TPSA) is 94.2 Å². The van der Waals surface area contributed by atoms with Crippen molar-refractivity contribution in [1.82, 2.24) is 0 Å². The fourth-order valence-corrected chi connectivity index (χ4v) is 2.91. The molecule has 0 spiro atoms. The maximum atomic E-state index is 12.2. The first-order valence-corrected chi connectivity index (χ1v) is 9.18. The molecular weight excluding hydrogens is 376 g/mol. The van der Waals surface area contributed by atoms with Gasteiger partial charge >= 0.3 is 5.97 Å². The van der Waals surface area contributed by atoms with Gasteiger partial charge in [0.05, 0.1) is 18.5 Å². The average molecular weight is 398 g/mol. The summed E-state index contributed by atoms with van der Waals surface area (Å²) in [6, 6.07) is 13.8. The molecule has 0 bridgehead atoms. The van der Waals surface area contributed by atoms with Gasteiger partial charge in [-0.15, -0.1) is 0 Å². The minimum absolute atomic E-state index is 0.0220. The van der Waals surface area contributed by atoms with Gasteiger partial charge in [0.15, 0.2) is 13.2 Å². The van der Waals surface area contributed by atoms with E-state index in [4.69, 9.17) is 14.2 Å². The Morgan fingerprint density at radius 3 is 2.45 bits per heavy atom. The molecule has 2 aromatic rings. The quantitative estimate of drug-likeness (QED) is 0.686. The zero-order valence-corrected chi connectivity index (χ0v) is 16.1. The van der Waals surface area contributed by atoms with Crippen molar-refractivity contribution in [3.8, 4) is 11.5 Å². The van der Waals surface area contributed by atoms with Crippen LogP contribution in [0.15, 0.2) is 48.5 Å². The number of benzene rings is 2. The molecule has 1 fully saturated rings.